The van der Waals surface area contributed by atoms with Crippen LogP contribution in [0.15, 0.2) is 24.3 Å². The number of aliphatic hydroxyl groups excluding tert-OH is 1. The zero-order valence-corrected chi connectivity index (χ0v) is 11.0. The van der Waals surface area contributed by atoms with E-state index in [1.165, 1.54) is 5.56 Å². The van der Waals surface area contributed by atoms with Gasteiger partial charge >= 0.3 is 0 Å². The molecule has 104 valence electrons. The number of hydrogen-bond acceptors (Lipinski definition) is 4. The smallest absolute Gasteiger partial charge is 0.238 e. The van der Waals surface area contributed by atoms with E-state index in [-0.39, 0.29) is 12.5 Å². The normalized spacial score (nSPS) is 19.6. The Morgan fingerprint density at radius 2 is 2.05 bits per heavy atom. The second kappa shape index (κ2) is 6.65. The van der Waals surface area contributed by atoms with E-state index in [2.05, 4.69) is 10.3 Å². The lowest BCUT2D eigenvalue weighted by atomic mass is 10.1. The van der Waals surface area contributed by atoms with Crippen molar-refractivity contribution in [3.05, 3.63) is 35.4 Å². The van der Waals surface area contributed by atoms with Crippen LogP contribution in [-0.4, -0.2) is 35.6 Å². The minimum Gasteiger partial charge on any atom is -0.396 e. The quantitative estimate of drug-likeness (QED) is 0.398. The molecule has 2 rings (SSSR count). The molecule has 19 heavy (non-hydrogen) atoms. The number of nitrogens with one attached hydrogen (secondary N) is 1. The second-order valence-corrected chi connectivity index (χ2v) is 5.13. The van der Waals surface area contributed by atoms with E-state index in [0.717, 1.165) is 31.6 Å². The fourth-order valence-corrected chi connectivity index (χ4v) is 2.46. The highest BCUT2D eigenvalue weighted by atomic mass is 16.3. The van der Waals surface area contributed by atoms with Gasteiger partial charge in [0, 0.05) is 19.7 Å². The minimum atomic E-state index is -0.182. The maximum Gasteiger partial charge on any atom is 0.238 e. The van der Waals surface area contributed by atoms with Crippen molar-refractivity contribution in [1.29, 1.82) is 0 Å². The molecule has 1 aromatic rings. The molecule has 1 heterocycles. The maximum absolute atomic E-state index is 11.1. The van der Waals surface area contributed by atoms with Gasteiger partial charge in [0.05, 0.1) is 6.42 Å². The van der Waals surface area contributed by atoms with Gasteiger partial charge in [0.15, 0.2) is 0 Å². The molecule has 4 N–H and O–H groups in total. The Morgan fingerprint density at radius 3 is 2.63 bits per heavy atom. The van der Waals surface area contributed by atoms with Gasteiger partial charge in [-0.2, -0.15) is 0 Å². The van der Waals surface area contributed by atoms with Crippen molar-refractivity contribution >= 4 is 5.91 Å². The number of rotatable bonds is 5. The average Bonchev–Trinajstić information content (AvgIpc) is 2.88. The molecule has 0 bridgehead atoms. The summed E-state index contributed by atoms with van der Waals surface area (Å²) in [5.74, 6) is 5.30. The van der Waals surface area contributed by atoms with Crippen molar-refractivity contribution in [2.75, 3.05) is 19.7 Å². The van der Waals surface area contributed by atoms with E-state index in [1.54, 1.807) is 0 Å². The Hall–Kier alpha value is -1.43. The number of hydrazine groups is 1. The molecule has 1 fully saturated rings. The van der Waals surface area contributed by atoms with E-state index in [9.17, 15) is 4.79 Å². The van der Waals surface area contributed by atoms with Crippen LogP contribution in [-0.2, 0) is 17.8 Å². The van der Waals surface area contributed by atoms with E-state index in [4.69, 9.17) is 10.9 Å². The lowest BCUT2D eigenvalue weighted by molar-refractivity contribution is -0.120. The van der Waals surface area contributed by atoms with Crippen LogP contribution in [0.2, 0.25) is 0 Å². The molecule has 0 spiro atoms. The molecule has 0 saturated carbocycles. The van der Waals surface area contributed by atoms with Crippen molar-refractivity contribution in [2.24, 2.45) is 11.8 Å². The van der Waals surface area contributed by atoms with Crippen molar-refractivity contribution < 1.29 is 9.90 Å². The first-order chi connectivity index (χ1) is 9.21. The zero-order valence-electron chi connectivity index (χ0n) is 11.0. The predicted octanol–water partition coefficient (Wildman–Crippen LogP) is 0.0332. The van der Waals surface area contributed by atoms with E-state index in [1.807, 2.05) is 24.3 Å². The first-order valence-electron chi connectivity index (χ1n) is 6.61. The third-order valence-corrected chi connectivity index (χ3v) is 3.58. The van der Waals surface area contributed by atoms with Crippen LogP contribution in [0.3, 0.4) is 0 Å². The summed E-state index contributed by atoms with van der Waals surface area (Å²) in [6.07, 6.45) is 1.39. The summed E-state index contributed by atoms with van der Waals surface area (Å²) < 4.78 is 0. The Kier molecular flexibility index (Phi) is 4.90. The number of nitrogens with zero attached hydrogens (tertiary/aromatic N) is 1. The highest BCUT2D eigenvalue weighted by Crippen LogP contribution is 2.18. The molecule has 5 nitrogen and oxygen atoms in total. The summed E-state index contributed by atoms with van der Waals surface area (Å²) in [5.41, 5.74) is 4.32. The molecule has 1 amide bonds. The minimum absolute atomic E-state index is 0.182. The van der Waals surface area contributed by atoms with Gasteiger partial charge in [0.2, 0.25) is 5.91 Å². The molecule has 1 aromatic carbocycles. The summed E-state index contributed by atoms with van der Waals surface area (Å²) in [4.78, 5) is 13.5. The summed E-state index contributed by atoms with van der Waals surface area (Å²) in [6, 6.07) is 8.02. The van der Waals surface area contributed by atoms with Gasteiger partial charge in [-0.3, -0.25) is 15.1 Å². The van der Waals surface area contributed by atoms with E-state index >= 15 is 0 Å². The second-order valence-electron chi connectivity index (χ2n) is 5.13. The number of carbonyl (C=O) groups is 1. The molecule has 0 aliphatic carbocycles. The number of hydrogen-bond donors (Lipinski definition) is 3. The first-order valence-corrected chi connectivity index (χ1v) is 6.61. The van der Waals surface area contributed by atoms with Gasteiger partial charge in [0.1, 0.15) is 0 Å². The van der Waals surface area contributed by atoms with Crippen LogP contribution < -0.4 is 11.3 Å². The Labute approximate surface area is 113 Å². The van der Waals surface area contributed by atoms with E-state index in [0.29, 0.717) is 12.3 Å². The zero-order chi connectivity index (χ0) is 13.7. The molecular weight excluding hydrogens is 242 g/mol. The van der Waals surface area contributed by atoms with Gasteiger partial charge < -0.3 is 5.11 Å². The summed E-state index contributed by atoms with van der Waals surface area (Å²) in [6.45, 7) is 3.19. The highest BCUT2D eigenvalue weighted by Gasteiger charge is 2.21. The van der Waals surface area contributed by atoms with Crippen molar-refractivity contribution in [1.82, 2.24) is 10.3 Å². The largest absolute Gasteiger partial charge is 0.396 e. The molecule has 1 saturated heterocycles. The topological polar surface area (TPSA) is 78.6 Å². The monoisotopic (exact) mass is 263 g/mol. The highest BCUT2D eigenvalue weighted by molar-refractivity contribution is 5.77. The lowest BCUT2D eigenvalue weighted by Crippen LogP contribution is -2.31. The fraction of sp³-hybridized carbons (Fsp3) is 0.500. The maximum atomic E-state index is 11.1. The standard InChI is InChI=1S/C14H21N3O2/c15-16-14(19)7-11-1-3-12(4-2-11)8-17-6-5-13(9-17)10-18/h1-4,13,18H,5-10,15H2,(H,16,19). The van der Waals surface area contributed by atoms with Gasteiger partial charge in [-0.15, -0.1) is 0 Å². The van der Waals surface area contributed by atoms with Gasteiger partial charge in [-0.1, -0.05) is 24.3 Å². The molecule has 1 aliphatic heterocycles. The molecule has 0 radical (unpaired) electrons. The van der Waals surface area contributed by atoms with Crippen molar-refractivity contribution in [3.8, 4) is 0 Å². The van der Waals surface area contributed by atoms with Gasteiger partial charge in [-0.05, 0) is 30.0 Å². The molecule has 1 unspecified atom stereocenters. The van der Waals surface area contributed by atoms with Crippen LogP contribution in [0, 0.1) is 5.92 Å². The molecule has 0 aromatic heterocycles. The van der Waals surface area contributed by atoms with Crippen LogP contribution >= 0.6 is 0 Å². The fourth-order valence-electron chi connectivity index (χ4n) is 2.46. The van der Waals surface area contributed by atoms with Crippen LogP contribution in [0.5, 0.6) is 0 Å². The molecule has 1 aliphatic rings. The average molecular weight is 263 g/mol. The number of carbonyl (C=O) groups excluding carboxylic acids is 1. The number of aliphatic hydroxyl groups is 1. The van der Waals surface area contributed by atoms with Crippen LogP contribution in [0.1, 0.15) is 17.5 Å². The predicted molar refractivity (Wildman–Crippen MR) is 72.9 cm³/mol. The third-order valence-electron chi connectivity index (χ3n) is 3.58. The van der Waals surface area contributed by atoms with E-state index < -0.39 is 0 Å². The molecule has 1 atom stereocenters. The Morgan fingerprint density at radius 1 is 1.37 bits per heavy atom. The first kappa shape index (κ1) is 14.0. The molecule has 5 heteroatoms. The molecular formula is C14H21N3O2. The Balaban J connectivity index is 1.87. The number of amides is 1. The van der Waals surface area contributed by atoms with Crippen molar-refractivity contribution in [3.63, 3.8) is 0 Å². The van der Waals surface area contributed by atoms with Gasteiger partial charge in [-0.25, -0.2) is 5.84 Å². The number of benzene rings is 1. The van der Waals surface area contributed by atoms with Crippen LogP contribution in [0.4, 0.5) is 0 Å². The van der Waals surface area contributed by atoms with Crippen LogP contribution in [0.25, 0.3) is 0 Å². The summed E-state index contributed by atoms with van der Waals surface area (Å²) in [7, 11) is 0. The summed E-state index contributed by atoms with van der Waals surface area (Å²) in [5, 5.41) is 9.12. The van der Waals surface area contributed by atoms with Crippen molar-refractivity contribution in [2.45, 2.75) is 19.4 Å². The Bertz CT molecular complexity index is 419. The number of nitrogens with two attached hydrogens (primary N) is 1. The third kappa shape index (κ3) is 4.02. The summed E-state index contributed by atoms with van der Waals surface area (Å²) >= 11 is 0. The van der Waals surface area contributed by atoms with Gasteiger partial charge in [0.25, 0.3) is 0 Å². The number of likely N-dealkylation sites (tertiary alicyclic amines) is 1. The lowest BCUT2D eigenvalue weighted by Gasteiger charge is -2.15. The SMILES string of the molecule is NNC(=O)Cc1ccc(CN2CCC(CO)C2)cc1.